The van der Waals surface area contributed by atoms with Gasteiger partial charge in [0, 0.05) is 17.1 Å². The molecule has 7 heteroatoms. The zero-order chi connectivity index (χ0) is 14.5. The lowest BCUT2D eigenvalue weighted by Crippen LogP contribution is -2.40. The average Bonchev–Trinajstić information content (AvgIpc) is 3.04. The SMILES string of the molecule is CCc1cnc(CNC(=O)NC2CCC(C(=O)O)C2)s1. The molecule has 1 aromatic rings. The lowest BCUT2D eigenvalue weighted by molar-refractivity contribution is -0.141. The van der Waals surface area contributed by atoms with E-state index in [2.05, 4.69) is 22.5 Å². The average molecular weight is 297 g/mol. The van der Waals surface area contributed by atoms with Gasteiger partial charge in [-0.15, -0.1) is 11.3 Å². The number of hydrogen-bond acceptors (Lipinski definition) is 4. The molecule has 0 saturated heterocycles. The van der Waals surface area contributed by atoms with E-state index in [0.717, 1.165) is 17.8 Å². The van der Waals surface area contributed by atoms with Crippen molar-refractivity contribution in [3.63, 3.8) is 0 Å². The van der Waals surface area contributed by atoms with Crippen LogP contribution >= 0.6 is 11.3 Å². The van der Waals surface area contributed by atoms with E-state index in [1.807, 2.05) is 6.20 Å². The van der Waals surface area contributed by atoms with Gasteiger partial charge in [0.25, 0.3) is 0 Å². The van der Waals surface area contributed by atoms with Crippen LogP contribution in [0.5, 0.6) is 0 Å². The van der Waals surface area contributed by atoms with Crippen molar-refractivity contribution in [1.82, 2.24) is 15.6 Å². The van der Waals surface area contributed by atoms with Gasteiger partial charge in [0.2, 0.25) is 0 Å². The first-order valence-corrected chi connectivity index (χ1v) is 7.61. The molecule has 1 saturated carbocycles. The molecular formula is C13H19N3O3S. The van der Waals surface area contributed by atoms with E-state index in [9.17, 15) is 9.59 Å². The molecule has 0 aromatic carbocycles. The fourth-order valence-electron chi connectivity index (χ4n) is 2.32. The van der Waals surface area contributed by atoms with Crippen LogP contribution < -0.4 is 10.6 Å². The maximum Gasteiger partial charge on any atom is 0.315 e. The summed E-state index contributed by atoms with van der Waals surface area (Å²) in [5.41, 5.74) is 0. The molecule has 2 atom stereocenters. The van der Waals surface area contributed by atoms with Crippen LogP contribution in [0.2, 0.25) is 0 Å². The summed E-state index contributed by atoms with van der Waals surface area (Å²) >= 11 is 1.59. The quantitative estimate of drug-likeness (QED) is 0.772. The molecule has 2 amide bonds. The summed E-state index contributed by atoms with van der Waals surface area (Å²) in [6, 6.07) is -0.298. The number of aliphatic carboxylic acids is 1. The largest absolute Gasteiger partial charge is 0.481 e. The minimum Gasteiger partial charge on any atom is -0.481 e. The van der Waals surface area contributed by atoms with Crippen LogP contribution in [-0.4, -0.2) is 28.1 Å². The Labute approximate surface area is 121 Å². The topological polar surface area (TPSA) is 91.3 Å². The van der Waals surface area contributed by atoms with Crippen molar-refractivity contribution < 1.29 is 14.7 Å². The third kappa shape index (κ3) is 3.93. The molecule has 0 radical (unpaired) electrons. The van der Waals surface area contributed by atoms with Crippen molar-refractivity contribution in [2.45, 2.75) is 45.2 Å². The van der Waals surface area contributed by atoms with Crippen molar-refractivity contribution in [3.8, 4) is 0 Å². The molecule has 1 heterocycles. The molecule has 0 aliphatic heterocycles. The summed E-state index contributed by atoms with van der Waals surface area (Å²) in [6.45, 7) is 2.47. The lowest BCUT2D eigenvalue weighted by Gasteiger charge is -2.12. The first kappa shape index (κ1) is 14.8. The Morgan fingerprint density at radius 3 is 2.90 bits per heavy atom. The maximum absolute atomic E-state index is 11.7. The summed E-state index contributed by atoms with van der Waals surface area (Å²) in [6.07, 6.45) is 4.64. The predicted molar refractivity (Wildman–Crippen MR) is 75.6 cm³/mol. The normalized spacial score (nSPS) is 21.6. The minimum absolute atomic E-state index is 0.0430. The number of thiazole rings is 1. The molecule has 3 N–H and O–H groups in total. The van der Waals surface area contributed by atoms with Crippen LogP contribution in [0.1, 0.15) is 36.1 Å². The molecule has 2 rings (SSSR count). The highest BCUT2D eigenvalue weighted by Gasteiger charge is 2.30. The number of amides is 2. The number of carboxylic acid groups (broad SMARTS) is 1. The molecule has 6 nitrogen and oxygen atoms in total. The Hall–Kier alpha value is -1.63. The zero-order valence-corrected chi connectivity index (χ0v) is 12.2. The molecule has 1 aromatic heterocycles. The number of aromatic nitrogens is 1. The third-order valence-electron chi connectivity index (χ3n) is 3.47. The van der Waals surface area contributed by atoms with Crippen molar-refractivity contribution in [1.29, 1.82) is 0 Å². The molecule has 1 aliphatic carbocycles. The van der Waals surface area contributed by atoms with Gasteiger partial charge >= 0.3 is 12.0 Å². The second-order valence-corrected chi connectivity index (χ2v) is 6.15. The maximum atomic E-state index is 11.7. The summed E-state index contributed by atoms with van der Waals surface area (Å²) in [4.78, 5) is 28.0. The summed E-state index contributed by atoms with van der Waals surface area (Å²) in [5.74, 6) is -1.10. The van der Waals surface area contributed by atoms with Gasteiger partial charge in [0.05, 0.1) is 12.5 Å². The molecule has 0 bridgehead atoms. The van der Waals surface area contributed by atoms with E-state index in [1.54, 1.807) is 11.3 Å². The second-order valence-electron chi connectivity index (χ2n) is 4.95. The standard InChI is InChI=1S/C13H19N3O3S/c1-2-10-6-14-11(20-10)7-15-13(19)16-9-4-3-8(5-9)12(17)18/h6,8-9H,2-5,7H2,1H3,(H,17,18)(H2,15,16,19). The molecule has 1 aliphatic rings. The number of hydrogen-bond donors (Lipinski definition) is 3. The van der Waals surface area contributed by atoms with Crippen molar-refractivity contribution in [3.05, 3.63) is 16.1 Å². The van der Waals surface area contributed by atoms with E-state index in [0.29, 0.717) is 19.4 Å². The molecule has 0 spiro atoms. The third-order valence-corrected chi connectivity index (χ3v) is 4.61. The van der Waals surface area contributed by atoms with Crippen LogP contribution in [0.4, 0.5) is 4.79 Å². The molecule has 110 valence electrons. The number of carbonyl (C=O) groups excluding carboxylic acids is 1. The van der Waals surface area contributed by atoms with E-state index in [-0.39, 0.29) is 18.0 Å². The first-order valence-electron chi connectivity index (χ1n) is 6.79. The monoisotopic (exact) mass is 297 g/mol. The van der Waals surface area contributed by atoms with Crippen molar-refractivity contribution in [2.24, 2.45) is 5.92 Å². The second kappa shape index (κ2) is 6.69. The number of nitrogens with zero attached hydrogens (tertiary/aromatic N) is 1. The fraction of sp³-hybridized carbons (Fsp3) is 0.615. The highest BCUT2D eigenvalue weighted by molar-refractivity contribution is 7.11. The predicted octanol–water partition coefficient (Wildman–Crippen LogP) is 1.76. The highest BCUT2D eigenvalue weighted by Crippen LogP contribution is 2.25. The van der Waals surface area contributed by atoms with Crippen molar-refractivity contribution >= 4 is 23.3 Å². The van der Waals surface area contributed by atoms with E-state index < -0.39 is 5.97 Å². The number of urea groups is 1. The van der Waals surface area contributed by atoms with Gasteiger partial charge in [0.15, 0.2) is 0 Å². The molecule has 1 fully saturated rings. The van der Waals surface area contributed by atoms with Gasteiger partial charge in [-0.25, -0.2) is 9.78 Å². The lowest BCUT2D eigenvalue weighted by atomic mass is 10.1. The van der Waals surface area contributed by atoms with Gasteiger partial charge < -0.3 is 15.7 Å². The van der Waals surface area contributed by atoms with Crippen molar-refractivity contribution in [2.75, 3.05) is 0 Å². The highest BCUT2D eigenvalue weighted by atomic mass is 32.1. The van der Waals surface area contributed by atoms with Gasteiger partial charge in [0.1, 0.15) is 5.01 Å². The Kier molecular flexibility index (Phi) is 4.94. The van der Waals surface area contributed by atoms with Gasteiger partial charge in [-0.2, -0.15) is 0 Å². The molecular weight excluding hydrogens is 278 g/mol. The smallest absolute Gasteiger partial charge is 0.315 e. The Bertz CT molecular complexity index is 489. The summed E-state index contributed by atoms with van der Waals surface area (Å²) < 4.78 is 0. The van der Waals surface area contributed by atoms with E-state index in [1.165, 1.54) is 4.88 Å². The zero-order valence-electron chi connectivity index (χ0n) is 11.4. The Morgan fingerprint density at radius 1 is 1.50 bits per heavy atom. The summed E-state index contributed by atoms with van der Waals surface area (Å²) in [7, 11) is 0. The van der Waals surface area contributed by atoms with Crippen LogP contribution in [0.15, 0.2) is 6.20 Å². The van der Waals surface area contributed by atoms with Gasteiger partial charge in [-0.1, -0.05) is 6.92 Å². The number of rotatable bonds is 5. The number of carbonyl (C=O) groups is 2. The first-order chi connectivity index (χ1) is 9.58. The minimum atomic E-state index is -0.774. The van der Waals surface area contributed by atoms with Crippen LogP contribution in [-0.2, 0) is 17.8 Å². The number of nitrogens with one attached hydrogen (secondary N) is 2. The Morgan fingerprint density at radius 2 is 2.30 bits per heavy atom. The number of aryl methyl sites for hydroxylation is 1. The van der Waals surface area contributed by atoms with E-state index in [4.69, 9.17) is 5.11 Å². The molecule has 2 unspecified atom stereocenters. The van der Waals surface area contributed by atoms with Gasteiger partial charge in [-0.3, -0.25) is 4.79 Å². The van der Waals surface area contributed by atoms with Crippen LogP contribution in [0, 0.1) is 5.92 Å². The van der Waals surface area contributed by atoms with E-state index >= 15 is 0 Å². The number of carboxylic acids is 1. The van der Waals surface area contributed by atoms with Gasteiger partial charge in [-0.05, 0) is 25.7 Å². The molecule has 20 heavy (non-hydrogen) atoms. The Balaban J connectivity index is 1.72. The fourth-order valence-corrected chi connectivity index (χ4v) is 3.12. The van der Waals surface area contributed by atoms with Crippen LogP contribution in [0.3, 0.4) is 0 Å². The summed E-state index contributed by atoms with van der Waals surface area (Å²) in [5, 5.41) is 15.4. The van der Waals surface area contributed by atoms with Crippen LogP contribution in [0.25, 0.3) is 0 Å².